The van der Waals surface area contributed by atoms with Crippen LogP contribution in [0.3, 0.4) is 0 Å². The second-order valence-corrected chi connectivity index (χ2v) is 6.05. The molecule has 0 radical (unpaired) electrons. The standard InChI is InChI=1S/C15H19BrO/c1-11-6-8-12(9-7-11)15(17)10-13-4-2-3-5-14(13)16/h2-5,11-12H,6-10H2,1H3. The Morgan fingerprint density at radius 3 is 2.53 bits per heavy atom. The van der Waals surface area contributed by atoms with Gasteiger partial charge in [-0.3, -0.25) is 4.79 Å². The zero-order valence-electron chi connectivity index (χ0n) is 10.3. The normalized spacial score (nSPS) is 24.6. The van der Waals surface area contributed by atoms with Crippen LogP contribution in [-0.4, -0.2) is 5.78 Å². The van der Waals surface area contributed by atoms with Crippen LogP contribution in [-0.2, 0) is 11.2 Å². The fourth-order valence-electron chi connectivity index (χ4n) is 2.56. The molecule has 0 saturated heterocycles. The van der Waals surface area contributed by atoms with Crippen molar-refractivity contribution in [2.45, 2.75) is 39.0 Å². The van der Waals surface area contributed by atoms with Crippen LogP contribution < -0.4 is 0 Å². The van der Waals surface area contributed by atoms with Crippen LogP contribution >= 0.6 is 15.9 Å². The van der Waals surface area contributed by atoms with Gasteiger partial charge in [0, 0.05) is 16.8 Å². The summed E-state index contributed by atoms with van der Waals surface area (Å²) in [4.78, 5) is 12.2. The third-order valence-corrected chi connectivity index (χ3v) is 4.57. The molecule has 0 N–H and O–H groups in total. The van der Waals surface area contributed by atoms with Gasteiger partial charge in [0.1, 0.15) is 5.78 Å². The van der Waals surface area contributed by atoms with Crippen molar-refractivity contribution in [2.24, 2.45) is 11.8 Å². The quantitative estimate of drug-likeness (QED) is 0.808. The maximum atomic E-state index is 12.2. The van der Waals surface area contributed by atoms with Crippen LogP contribution in [0.25, 0.3) is 0 Å². The maximum absolute atomic E-state index is 12.2. The van der Waals surface area contributed by atoms with Crippen molar-refractivity contribution in [3.63, 3.8) is 0 Å². The molecule has 1 fully saturated rings. The van der Waals surface area contributed by atoms with E-state index in [1.54, 1.807) is 0 Å². The molecule has 1 aliphatic carbocycles. The lowest BCUT2D eigenvalue weighted by Gasteiger charge is -2.25. The van der Waals surface area contributed by atoms with E-state index in [0.717, 1.165) is 28.8 Å². The highest BCUT2D eigenvalue weighted by atomic mass is 79.9. The van der Waals surface area contributed by atoms with Crippen molar-refractivity contribution in [1.29, 1.82) is 0 Å². The number of ketones is 1. The van der Waals surface area contributed by atoms with Crippen LogP contribution in [0.2, 0.25) is 0 Å². The maximum Gasteiger partial charge on any atom is 0.140 e. The molecule has 17 heavy (non-hydrogen) atoms. The van der Waals surface area contributed by atoms with Crippen molar-refractivity contribution in [1.82, 2.24) is 0 Å². The molecule has 92 valence electrons. The number of hydrogen-bond acceptors (Lipinski definition) is 1. The molecule has 0 spiro atoms. The Labute approximate surface area is 112 Å². The van der Waals surface area contributed by atoms with E-state index in [4.69, 9.17) is 0 Å². The summed E-state index contributed by atoms with van der Waals surface area (Å²) in [7, 11) is 0. The smallest absolute Gasteiger partial charge is 0.140 e. The van der Waals surface area contributed by atoms with Gasteiger partial charge in [0.05, 0.1) is 0 Å². The van der Waals surface area contributed by atoms with Crippen molar-refractivity contribution < 1.29 is 4.79 Å². The van der Waals surface area contributed by atoms with E-state index in [9.17, 15) is 4.79 Å². The van der Waals surface area contributed by atoms with Gasteiger partial charge in [-0.05, 0) is 30.4 Å². The predicted octanol–water partition coefficient (Wildman–Crippen LogP) is 4.39. The van der Waals surface area contributed by atoms with E-state index < -0.39 is 0 Å². The molecule has 0 bridgehead atoms. The second-order valence-electron chi connectivity index (χ2n) is 5.19. The van der Waals surface area contributed by atoms with Crippen LogP contribution in [0.4, 0.5) is 0 Å². The third-order valence-electron chi connectivity index (χ3n) is 3.79. The Kier molecular flexibility index (Phi) is 4.38. The Bertz CT molecular complexity index is 392. The van der Waals surface area contributed by atoms with Crippen molar-refractivity contribution in [2.75, 3.05) is 0 Å². The molecule has 0 heterocycles. The lowest BCUT2D eigenvalue weighted by molar-refractivity contribution is -0.123. The molecular formula is C15H19BrO. The Morgan fingerprint density at radius 2 is 1.88 bits per heavy atom. The van der Waals surface area contributed by atoms with E-state index in [0.29, 0.717) is 18.1 Å². The van der Waals surface area contributed by atoms with Crippen LogP contribution in [0, 0.1) is 11.8 Å². The molecule has 1 saturated carbocycles. The first-order valence-electron chi connectivity index (χ1n) is 6.43. The zero-order valence-corrected chi connectivity index (χ0v) is 11.9. The van der Waals surface area contributed by atoms with Crippen molar-refractivity contribution >= 4 is 21.7 Å². The van der Waals surface area contributed by atoms with E-state index >= 15 is 0 Å². The summed E-state index contributed by atoms with van der Waals surface area (Å²) in [5.74, 6) is 1.53. The SMILES string of the molecule is CC1CCC(C(=O)Cc2ccccc2Br)CC1. The van der Waals surface area contributed by atoms with Gasteiger partial charge in [0.2, 0.25) is 0 Å². The fraction of sp³-hybridized carbons (Fsp3) is 0.533. The van der Waals surface area contributed by atoms with E-state index in [2.05, 4.69) is 22.9 Å². The Morgan fingerprint density at radius 1 is 1.24 bits per heavy atom. The molecule has 2 heteroatoms. The molecule has 0 amide bonds. The zero-order chi connectivity index (χ0) is 12.3. The average Bonchev–Trinajstić information content (AvgIpc) is 2.33. The molecule has 2 rings (SSSR count). The summed E-state index contributed by atoms with van der Waals surface area (Å²) in [5, 5.41) is 0. The Hall–Kier alpha value is -0.630. The first-order valence-corrected chi connectivity index (χ1v) is 7.22. The summed E-state index contributed by atoms with van der Waals surface area (Å²) in [6.07, 6.45) is 5.19. The van der Waals surface area contributed by atoms with E-state index in [-0.39, 0.29) is 0 Å². The minimum Gasteiger partial charge on any atom is -0.299 e. The van der Waals surface area contributed by atoms with Gasteiger partial charge < -0.3 is 0 Å². The molecule has 1 aliphatic rings. The van der Waals surface area contributed by atoms with Crippen molar-refractivity contribution in [3.05, 3.63) is 34.3 Å². The molecule has 1 nitrogen and oxygen atoms in total. The minimum absolute atomic E-state index is 0.304. The molecular weight excluding hydrogens is 276 g/mol. The first-order chi connectivity index (χ1) is 8.16. The largest absolute Gasteiger partial charge is 0.299 e. The second kappa shape index (κ2) is 5.81. The fourth-order valence-corrected chi connectivity index (χ4v) is 2.98. The lowest BCUT2D eigenvalue weighted by Crippen LogP contribution is -2.22. The number of hydrogen-bond donors (Lipinski definition) is 0. The number of halogens is 1. The molecule has 1 aromatic carbocycles. The summed E-state index contributed by atoms with van der Waals surface area (Å²) in [6, 6.07) is 8.02. The van der Waals surface area contributed by atoms with Gasteiger partial charge in [0.25, 0.3) is 0 Å². The molecule has 0 atom stereocenters. The highest BCUT2D eigenvalue weighted by Crippen LogP contribution is 2.30. The topological polar surface area (TPSA) is 17.1 Å². The average molecular weight is 295 g/mol. The number of benzene rings is 1. The Balaban J connectivity index is 1.95. The molecule has 0 aliphatic heterocycles. The molecule has 0 unspecified atom stereocenters. The van der Waals surface area contributed by atoms with Gasteiger partial charge in [0.15, 0.2) is 0 Å². The van der Waals surface area contributed by atoms with Gasteiger partial charge in [-0.15, -0.1) is 0 Å². The van der Waals surface area contributed by atoms with Crippen molar-refractivity contribution in [3.8, 4) is 0 Å². The summed E-state index contributed by atoms with van der Waals surface area (Å²) in [5.41, 5.74) is 1.12. The number of carbonyl (C=O) groups excluding carboxylic acids is 1. The van der Waals surface area contributed by atoms with Gasteiger partial charge in [-0.25, -0.2) is 0 Å². The summed E-state index contributed by atoms with van der Waals surface area (Å²) < 4.78 is 1.05. The van der Waals surface area contributed by atoms with Gasteiger partial charge >= 0.3 is 0 Å². The van der Waals surface area contributed by atoms with E-state index in [1.807, 2.05) is 24.3 Å². The number of rotatable bonds is 3. The lowest BCUT2D eigenvalue weighted by atomic mass is 9.80. The third kappa shape index (κ3) is 3.41. The number of carbonyl (C=O) groups is 1. The van der Waals surface area contributed by atoms with Crippen LogP contribution in [0.5, 0.6) is 0 Å². The number of Topliss-reactive ketones (excluding diaryl/α,β-unsaturated/α-hetero) is 1. The van der Waals surface area contributed by atoms with Crippen LogP contribution in [0.15, 0.2) is 28.7 Å². The highest BCUT2D eigenvalue weighted by molar-refractivity contribution is 9.10. The first kappa shape index (κ1) is 12.8. The molecule has 1 aromatic rings. The highest BCUT2D eigenvalue weighted by Gasteiger charge is 2.24. The monoisotopic (exact) mass is 294 g/mol. The van der Waals surface area contributed by atoms with Crippen LogP contribution in [0.1, 0.15) is 38.2 Å². The molecule has 0 aromatic heterocycles. The van der Waals surface area contributed by atoms with Gasteiger partial charge in [-0.1, -0.05) is 53.9 Å². The summed E-state index contributed by atoms with van der Waals surface area (Å²) >= 11 is 3.51. The predicted molar refractivity (Wildman–Crippen MR) is 74.0 cm³/mol. The van der Waals surface area contributed by atoms with Gasteiger partial charge in [-0.2, -0.15) is 0 Å². The van der Waals surface area contributed by atoms with E-state index in [1.165, 1.54) is 12.8 Å². The minimum atomic E-state index is 0.304. The summed E-state index contributed by atoms with van der Waals surface area (Å²) in [6.45, 7) is 2.29.